The fraction of sp³-hybridized carbons (Fsp3) is 0.167. The number of hydrogen-bond donors (Lipinski definition) is 1. The summed E-state index contributed by atoms with van der Waals surface area (Å²) in [6, 6.07) is 6.41. The lowest BCUT2D eigenvalue weighted by Gasteiger charge is -2.08. The monoisotopic (exact) mass is 278 g/mol. The minimum Gasteiger partial charge on any atom is -0.480 e. The van der Waals surface area contributed by atoms with Crippen LogP contribution in [0, 0.1) is 10.1 Å². The molecule has 0 aliphatic heterocycles. The van der Waals surface area contributed by atoms with Crippen molar-refractivity contribution in [2.24, 2.45) is 0 Å². The molecule has 0 bridgehead atoms. The number of thioether (sulfide) groups is 1. The van der Waals surface area contributed by atoms with Crippen molar-refractivity contribution in [3.63, 3.8) is 0 Å². The topological polar surface area (TPSA) is 93.3 Å². The van der Waals surface area contributed by atoms with E-state index in [1.165, 1.54) is 13.0 Å². The van der Waals surface area contributed by atoms with E-state index in [9.17, 15) is 14.9 Å². The third-order valence-electron chi connectivity index (χ3n) is 2.55. The molecule has 7 heteroatoms. The van der Waals surface area contributed by atoms with Gasteiger partial charge in [0.05, 0.1) is 20.7 Å². The minimum atomic E-state index is -1.01. The second-order valence-electron chi connectivity index (χ2n) is 3.84. The summed E-state index contributed by atoms with van der Waals surface area (Å²) in [6.07, 6.45) is 1.55. The van der Waals surface area contributed by atoms with Crippen LogP contribution in [0.4, 0.5) is 5.69 Å². The first-order chi connectivity index (χ1) is 9.00. The molecular weight excluding hydrogens is 268 g/mol. The number of aliphatic carboxylic acids is 1. The summed E-state index contributed by atoms with van der Waals surface area (Å²) >= 11 is 0.952. The van der Waals surface area contributed by atoms with Gasteiger partial charge in [-0.2, -0.15) is 0 Å². The molecular formula is C12H10N2O4S. The Morgan fingerprint density at radius 2 is 2.21 bits per heavy atom. The van der Waals surface area contributed by atoms with E-state index in [0.29, 0.717) is 15.8 Å². The summed E-state index contributed by atoms with van der Waals surface area (Å²) < 4.78 is 0. The molecule has 0 saturated heterocycles. The molecule has 0 saturated carbocycles. The number of aromatic nitrogens is 1. The summed E-state index contributed by atoms with van der Waals surface area (Å²) in [4.78, 5) is 25.9. The predicted octanol–water partition coefficient (Wildman–Crippen LogP) is 2.71. The van der Waals surface area contributed by atoms with E-state index in [2.05, 4.69) is 4.98 Å². The normalized spacial score (nSPS) is 12.3. The van der Waals surface area contributed by atoms with E-state index in [4.69, 9.17) is 5.11 Å². The van der Waals surface area contributed by atoms with Crippen LogP contribution in [0.5, 0.6) is 0 Å². The van der Waals surface area contributed by atoms with E-state index < -0.39 is 16.1 Å². The largest absolute Gasteiger partial charge is 0.480 e. The summed E-state index contributed by atoms with van der Waals surface area (Å²) in [6.45, 7) is 1.49. The first kappa shape index (κ1) is 13.3. The van der Waals surface area contributed by atoms with E-state index >= 15 is 0 Å². The van der Waals surface area contributed by atoms with Gasteiger partial charge in [0, 0.05) is 6.20 Å². The van der Waals surface area contributed by atoms with Crippen molar-refractivity contribution >= 4 is 34.3 Å². The number of pyridine rings is 1. The van der Waals surface area contributed by atoms with Gasteiger partial charge in [0.15, 0.2) is 0 Å². The zero-order chi connectivity index (χ0) is 14.0. The molecule has 1 aromatic heterocycles. The fourth-order valence-corrected chi connectivity index (χ4v) is 2.57. The van der Waals surface area contributed by atoms with Gasteiger partial charge in [-0.1, -0.05) is 0 Å². The molecule has 98 valence electrons. The quantitative estimate of drug-likeness (QED) is 0.525. The standard InChI is InChI=1S/C12H10N2O4S/c1-7(12(15)16)19-10-5-4-9-8(3-2-6-13-9)11(10)14(17)18/h2-7H,1H3,(H,15,16). The number of fused-ring (bicyclic) bond motifs is 1. The molecule has 1 N–H and O–H groups in total. The number of carboxylic acids is 1. The predicted molar refractivity (Wildman–Crippen MR) is 71.4 cm³/mol. The Morgan fingerprint density at radius 3 is 2.84 bits per heavy atom. The maximum absolute atomic E-state index is 11.2. The Labute approximate surface area is 112 Å². The molecule has 19 heavy (non-hydrogen) atoms. The van der Waals surface area contributed by atoms with Gasteiger partial charge < -0.3 is 5.11 Å². The molecule has 1 atom stereocenters. The number of carbonyl (C=O) groups is 1. The average molecular weight is 278 g/mol. The smallest absolute Gasteiger partial charge is 0.316 e. The summed E-state index contributed by atoms with van der Waals surface area (Å²) in [5.41, 5.74) is 0.422. The molecule has 1 aromatic carbocycles. The first-order valence-corrected chi connectivity index (χ1v) is 6.30. The molecule has 2 rings (SSSR count). The van der Waals surface area contributed by atoms with Crippen molar-refractivity contribution in [2.75, 3.05) is 0 Å². The van der Waals surface area contributed by atoms with Gasteiger partial charge in [-0.3, -0.25) is 19.9 Å². The average Bonchev–Trinajstić information content (AvgIpc) is 2.37. The lowest BCUT2D eigenvalue weighted by Crippen LogP contribution is -2.11. The molecule has 1 heterocycles. The van der Waals surface area contributed by atoms with Crippen molar-refractivity contribution in [1.29, 1.82) is 0 Å². The zero-order valence-corrected chi connectivity index (χ0v) is 10.8. The van der Waals surface area contributed by atoms with E-state index in [-0.39, 0.29) is 5.69 Å². The van der Waals surface area contributed by atoms with Crippen LogP contribution in [0.25, 0.3) is 10.9 Å². The van der Waals surface area contributed by atoms with Gasteiger partial charge in [0.2, 0.25) is 0 Å². The third kappa shape index (κ3) is 2.65. The van der Waals surface area contributed by atoms with Crippen molar-refractivity contribution in [1.82, 2.24) is 4.98 Å². The SMILES string of the molecule is CC(Sc1ccc2ncccc2c1[N+](=O)[O-])C(=O)O. The summed E-state index contributed by atoms with van der Waals surface area (Å²) in [7, 11) is 0. The number of carboxylic acid groups (broad SMARTS) is 1. The van der Waals surface area contributed by atoms with Crippen molar-refractivity contribution in [3.05, 3.63) is 40.6 Å². The van der Waals surface area contributed by atoms with Crippen LogP contribution in [-0.4, -0.2) is 26.2 Å². The second-order valence-corrected chi connectivity index (χ2v) is 5.22. The lowest BCUT2D eigenvalue weighted by atomic mass is 10.2. The Bertz CT molecular complexity index is 659. The van der Waals surface area contributed by atoms with Crippen LogP contribution >= 0.6 is 11.8 Å². The molecule has 6 nitrogen and oxygen atoms in total. The molecule has 0 fully saturated rings. The van der Waals surface area contributed by atoms with Gasteiger partial charge in [-0.25, -0.2) is 0 Å². The highest BCUT2D eigenvalue weighted by Gasteiger charge is 2.23. The second kappa shape index (κ2) is 5.23. The van der Waals surface area contributed by atoms with Crippen LogP contribution in [-0.2, 0) is 4.79 Å². The number of nitrogens with zero attached hydrogens (tertiary/aromatic N) is 2. The number of rotatable bonds is 4. The van der Waals surface area contributed by atoms with E-state index in [1.54, 1.807) is 24.4 Å². The summed E-state index contributed by atoms with van der Waals surface area (Å²) in [5, 5.41) is 19.7. The number of benzene rings is 1. The highest BCUT2D eigenvalue weighted by molar-refractivity contribution is 8.00. The van der Waals surface area contributed by atoms with Crippen molar-refractivity contribution in [3.8, 4) is 0 Å². The Morgan fingerprint density at radius 1 is 1.47 bits per heavy atom. The Balaban J connectivity index is 2.58. The molecule has 0 aliphatic carbocycles. The van der Waals surface area contributed by atoms with Crippen LogP contribution in [0.2, 0.25) is 0 Å². The van der Waals surface area contributed by atoms with Gasteiger partial charge in [-0.05, 0) is 31.2 Å². The lowest BCUT2D eigenvalue weighted by molar-refractivity contribution is -0.385. The van der Waals surface area contributed by atoms with Crippen LogP contribution in [0.15, 0.2) is 35.4 Å². The van der Waals surface area contributed by atoms with Crippen LogP contribution < -0.4 is 0 Å². The van der Waals surface area contributed by atoms with Crippen LogP contribution in [0.3, 0.4) is 0 Å². The van der Waals surface area contributed by atoms with Gasteiger partial charge in [0.25, 0.3) is 5.69 Å². The first-order valence-electron chi connectivity index (χ1n) is 5.42. The third-order valence-corrected chi connectivity index (χ3v) is 3.69. The molecule has 0 spiro atoms. The summed E-state index contributed by atoms with van der Waals surface area (Å²) in [5.74, 6) is -1.01. The van der Waals surface area contributed by atoms with Crippen molar-refractivity contribution in [2.45, 2.75) is 17.1 Å². The van der Waals surface area contributed by atoms with Gasteiger partial charge in [-0.15, -0.1) is 11.8 Å². The molecule has 2 aromatic rings. The zero-order valence-electron chi connectivity index (χ0n) is 9.94. The Hall–Kier alpha value is -2.15. The highest BCUT2D eigenvalue weighted by Crippen LogP contribution is 2.37. The van der Waals surface area contributed by atoms with E-state index in [0.717, 1.165) is 11.8 Å². The van der Waals surface area contributed by atoms with Crippen LogP contribution in [0.1, 0.15) is 6.92 Å². The molecule has 1 unspecified atom stereocenters. The van der Waals surface area contributed by atoms with Crippen molar-refractivity contribution < 1.29 is 14.8 Å². The maximum atomic E-state index is 11.2. The van der Waals surface area contributed by atoms with Gasteiger partial charge >= 0.3 is 5.97 Å². The number of nitro benzene ring substituents is 1. The number of nitro groups is 1. The van der Waals surface area contributed by atoms with Gasteiger partial charge in [0.1, 0.15) is 5.25 Å². The minimum absolute atomic E-state index is 0.0938. The highest BCUT2D eigenvalue weighted by atomic mass is 32.2. The Kier molecular flexibility index (Phi) is 3.66. The molecule has 0 aliphatic rings. The number of hydrogen-bond acceptors (Lipinski definition) is 5. The van der Waals surface area contributed by atoms with E-state index in [1.807, 2.05) is 0 Å². The fourth-order valence-electron chi connectivity index (χ4n) is 1.64. The molecule has 0 amide bonds. The molecule has 0 radical (unpaired) electrons. The maximum Gasteiger partial charge on any atom is 0.316 e.